The van der Waals surface area contributed by atoms with Crippen molar-refractivity contribution in [2.75, 3.05) is 26.9 Å². The van der Waals surface area contributed by atoms with Gasteiger partial charge in [0.25, 0.3) is 0 Å². The van der Waals surface area contributed by atoms with Crippen molar-refractivity contribution in [2.45, 2.75) is 39.3 Å². The van der Waals surface area contributed by atoms with Gasteiger partial charge in [-0.1, -0.05) is 18.8 Å². The van der Waals surface area contributed by atoms with Crippen LogP contribution in [0.3, 0.4) is 0 Å². The van der Waals surface area contributed by atoms with Crippen LogP contribution in [0.1, 0.15) is 36.4 Å². The van der Waals surface area contributed by atoms with Gasteiger partial charge in [0.2, 0.25) is 0 Å². The molecule has 20 heavy (non-hydrogen) atoms. The lowest BCUT2D eigenvalue weighted by atomic mass is 10.2. The monoisotopic (exact) mass is 295 g/mol. The fraction of sp³-hybridized carbons (Fsp3) is 0.625. The van der Waals surface area contributed by atoms with Crippen LogP contribution < -0.4 is 0 Å². The van der Waals surface area contributed by atoms with Gasteiger partial charge in [-0.2, -0.15) is 0 Å². The summed E-state index contributed by atoms with van der Waals surface area (Å²) in [6, 6.07) is 4.77. The number of hydrogen-bond acceptors (Lipinski definition) is 4. The van der Waals surface area contributed by atoms with Gasteiger partial charge < -0.3 is 9.84 Å². The van der Waals surface area contributed by atoms with Crippen LogP contribution in [0.4, 0.5) is 0 Å². The Kier molecular flexibility index (Phi) is 8.56. The van der Waals surface area contributed by atoms with Crippen molar-refractivity contribution in [3.8, 4) is 11.8 Å². The molecular weight excluding hydrogens is 270 g/mol. The summed E-state index contributed by atoms with van der Waals surface area (Å²) in [5.41, 5.74) is 0. The molecule has 1 unspecified atom stereocenters. The molecule has 1 N–H and O–H groups in total. The molecule has 112 valence electrons. The van der Waals surface area contributed by atoms with Gasteiger partial charge in [-0.3, -0.25) is 4.90 Å². The second-order valence-electron chi connectivity index (χ2n) is 4.76. The fourth-order valence-electron chi connectivity index (χ4n) is 1.86. The first-order valence-electron chi connectivity index (χ1n) is 7.12. The minimum Gasteiger partial charge on any atom is -0.395 e. The van der Waals surface area contributed by atoms with E-state index in [-0.39, 0.29) is 6.61 Å². The predicted molar refractivity (Wildman–Crippen MR) is 84.9 cm³/mol. The number of ether oxygens (including phenoxy) is 1. The summed E-state index contributed by atoms with van der Waals surface area (Å²) in [6.45, 7) is 7.26. The Morgan fingerprint density at radius 1 is 1.45 bits per heavy atom. The van der Waals surface area contributed by atoms with Gasteiger partial charge in [0, 0.05) is 37.5 Å². The lowest BCUT2D eigenvalue weighted by Crippen LogP contribution is -2.34. The van der Waals surface area contributed by atoms with E-state index in [0.29, 0.717) is 12.5 Å². The number of aliphatic hydroxyl groups excluding tert-OH is 1. The summed E-state index contributed by atoms with van der Waals surface area (Å²) < 4.78 is 5.19. The third kappa shape index (κ3) is 6.06. The van der Waals surface area contributed by atoms with Gasteiger partial charge in [-0.05, 0) is 25.5 Å². The van der Waals surface area contributed by atoms with Crippen LogP contribution in [0.5, 0.6) is 0 Å². The van der Waals surface area contributed by atoms with Crippen LogP contribution in [0.25, 0.3) is 0 Å². The highest BCUT2D eigenvalue weighted by Crippen LogP contribution is 2.19. The van der Waals surface area contributed by atoms with E-state index in [1.165, 1.54) is 4.88 Å². The molecule has 0 spiro atoms. The second kappa shape index (κ2) is 9.95. The maximum absolute atomic E-state index is 8.72. The topological polar surface area (TPSA) is 32.7 Å². The zero-order chi connectivity index (χ0) is 14.8. The molecule has 1 rings (SSSR count). The van der Waals surface area contributed by atoms with E-state index >= 15 is 0 Å². The molecule has 0 aliphatic carbocycles. The largest absolute Gasteiger partial charge is 0.395 e. The molecule has 3 nitrogen and oxygen atoms in total. The molecule has 4 heteroatoms. The van der Waals surface area contributed by atoms with Crippen molar-refractivity contribution in [2.24, 2.45) is 0 Å². The van der Waals surface area contributed by atoms with Crippen LogP contribution >= 0.6 is 11.3 Å². The SMILES string of the molecule is CCC(C)N(CCOC)Cc1ccc(C#CCCO)s1. The maximum atomic E-state index is 8.72. The summed E-state index contributed by atoms with van der Waals surface area (Å²) in [7, 11) is 1.74. The molecule has 0 saturated heterocycles. The molecule has 0 amide bonds. The van der Waals surface area contributed by atoms with Gasteiger partial charge >= 0.3 is 0 Å². The minimum absolute atomic E-state index is 0.129. The molecule has 1 aromatic heterocycles. The molecule has 0 radical (unpaired) electrons. The van der Waals surface area contributed by atoms with E-state index in [1.54, 1.807) is 18.4 Å². The molecular formula is C16H25NO2S. The molecule has 0 saturated carbocycles. The number of nitrogens with zero attached hydrogens (tertiary/aromatic N) is 1. The fourth-order valence-corrected chi connectivity index (χ4v) is 2.77. The lowest BCUT2D eigenvalue weighted by molar-refractivity contribution is 0.119. The van der Waals surface area contributed by atoms with E-state index in [9.17, 15) is 0 Å². The molecule has 0 fully saturated rings. The van der Waals surface area contributed by atoms with Gasteiger partial charge in [-0.25, -0.2) is 0 Å². The van der Waals surface area contributed by atoms with Crippen molar-refractivity contribution in [1.29, 1.82) is 0 Å². The first kappa shape index (κ1) is 17.2. The van der Waals surface area contributed by atoms with Crippen molar-refractivity contribution in [3.05, 3.63) is 21.9 Å². The van der Waals surface area contributed by atoms with Crippen LogP contribution in [0.2, 0.25) is 0 Å². The number of thiophene rings is 1. The molecule has 0 aliphatic rings. The summed E-state index contributed by atoms with van der Waals surface area (Å²) in [5.74, 6) is 6.05. The van der Waals surface area contributed by atoms with Gasteiger partial charge in [-0.15, -0.1) is 11.3 Å². The first-order chi connectivity index (χ1) is 9.71. The highest BCUT2D eigenvalue weighted by molar-refractivity contribution is 7.12. The van der Waals surface area contributed by atoms with Crippen molar-refractivity contribution >= 4 is 11.3 Å². The minimum atomic E-state index is 0.129. The highest BCUT2D eigenvalue weighted by Gasteiger charge is 2.13. The molecule has 0 aliphatic heterocycles. The molecule has 1 atom stereocenters. The Morgan fingerprint density at radius 2 is 2.25 bits per heavy atom. The lowest BCUT2D eigenvalue weighted by Gasteiger charge is -2.27. The summed E-state index contributed by atoms with van der Waals surface area (Å²) >= 11 is 1.74. The highest BCUT2D eigenvalue weighted by atomic mass is 32.1. The zero-order valence-electron chi connectivity index (χ0n) is 12.7. The Morgan fingerprint density at radius 3 is 2.90 bits per heavy atom. The zero-order valence-corrected chi connectivity index (χ0v) is 13.5. The first-order valence-corrected chi connectivity index (χ1v) is 7.94. The van der Waals surface area contributed by atoms with Crippen LogP contribution in [-0.4, -0.2) is 42.9 Å². The van der Waals surface area contributed by atoms with Crippen molar-refractivity contribution in [1.82, 2.24) is 4.90 Å². The average molecular weight is 295 g/mol. The Bertz CT molecular complexity index is 433. The van der Waals surface area contributed by atoms with Crippen LogP contribution in [0.15, 0.2) is 12.1 Å². The quantitative estimate of drug-likeness (QED) is 0.749. The smallest absolute Gasteiger partial charge is 0.0771 e. The Balaban J connectivity index is 2.62. The molecule has 1 heterocycles. The van der Waals surface area contributed by atoms with Gasteiger partial charge in [0.15, 0.2) is 0 Å². The standard InChI is InChI=1S/C16H25NO2S/c1-4-14(2)17(10-12-19-3)13-16-9-8-15(20-16)7-5-6-11-18/h8-9,14,18H,4,6,10-13H2,1-3H3. The molecule has 1 aromatic rings. The normalized spacial score (nSPS) is 12.2. The van der Waals surface area contributed by atoms with Gasteiger partial charge in [0.1, 0.15) is 0 Å². The average Bonchev–Trinajstić information content (AvgIpc) is 2.90. The summed E-state index contributed by atoms with van der Waals surface area (Å²) in [4.78, 5) is 4.85. The second-order valence-corrected chi connectivity index (χ2v) is 5.93. The predicted octanol–water partition coefficient (Wildman–Crippen LogP) is 2.73. The maximum Gasteiger partial charge on any atom is 0.0771 e. The van der Waals surface area contributed by atoms with E-state index in [1.807, 2.05) is 0 Å². The number of hydrogen-bond donors (Lipinski definition) is 1. The molecule has 0 aromatic carbocycles. The Labute approximate surface area is 126 Å². The van der Waals surface area contributed by atoms with Crippen molar-refractivity contribution < 1.29 is 9.84 Å². The van der Waals surface area contributed by atoms with E-state index in [0.717, 1.165) is 31.0 Å². The number of rotatable bonds is 8. The third-order valence-electron chi connectivity index (χ3n) is 3.27. The van der Waals surface area contributed by atoms with Crippen molar-refractivity contribution in [3.63, 3.8) is 0 Å². The summed E-state index contributed by atoms with van der Waals surface area (Å²) in [5, 5.41) is 8.72. The number of aliphatic hydroxyl groups is 1. The number of methoxy groups -OCH3 is 1. The Hall–Kier alpha value is -0.860. The van der Waals surface area contributed by atoms with E-state index in [2.05, 4.69) is 42.7 Å². The molecule has 0 bridgehead atoms. The van der Waals surface area contributed by atoms with E-state index < -0.39 is 0 Å². The van der Waals surface area contributed by atoms with Crippen LogP contribution in [-0.2, 0) is 11.3 Å². The van der Waals surface area contributed by atoms with Crippen LogP contribution in [0, 0.1) is 11.8 Å². The summed E-state index contributed by atoms with van der Waals surface area (Å²) in [6.07, 6.45) is 1.68. The van der Waals surface area contributed by atoms with Gasteiger partial charge in [0.05, 0.1) is 18.1 Å². The van der Waals surface area contributed by atoms with E-state index in [4.69, 9.17) is 9.84 Å². The third-order valence-corrected chi connectivity index (χ3v) is 4.25.